The van der Waals surface area contributed by atoms with Crippen LogP contribution in [0.5, 0.6) is 11.5 Å². The topological polar surface area (TPSA) is 86.3 Å². The van der Waals surface area contributed by atoms with Gasteiger partial charge in [0, 0.05) is 23.0 Å². The number of aryl methyl sites for hydroxylation is 1. The fourth-order valence-electron chi connectivity index (χ4n) is 6.74. The normalized spacial score (nSPS) is 19.9. The fourth-order valence-corrected chi connectivity index (χ4v) is 7.20. The lowest BCUT2D eigenvalue weighted by atomic mass is 9.86. The highest BCUT2D eigenvalue weighted by Crippen LogP contribution is 2.37. The number of rotatable bonds is 16. The van der Waals surface area contributed by atoms with Crippen LogP contribution in [0.1, 0.15) is 71.8 Å². The molecule has 3 aromatic rings. The molecular weight excluding hydrogens is 675 g/mol. The van der Waals surface area contributed by atoms with Crippen LogP contribution in [0.15, 0.2) is 95.0 Å². The van der Waals surface area contributed by atoms with Crippen LogP contribution in [0.3, 0.4) is 0 Å². The Morgan fingerprint density at radius 3 is 2.32 bits per heavy atom. The monoisotopic (exact) mass is 720 g/mol. The van der Waals surface area contributed by atoms with E-state index in [0.29, 0.717) is 52.1 Å². The molecule has 3 heterocycles. The maximum absolute atomic E-state index is 13.6. The third-order valence-electron chi connectivity index (χ3n) is 9.55. The van der Waals surface area contributed by atoms with Crippen LogP contribution in [0.2, 0.25) is 0 Å². The molecule has 3 fully saturated rings. The highest BCUT2D eigenvalue weighted by Gasteiger charge is 2.37. The summed E-state index contributed by atoms with van der Waals surface area (Å²) in [7, 11) is 3.10. The van der Waals surface area contributed by atoms with E-state index in [1.54, 1.807) is 39.3 Å². The molecule has 3 aliphatic rings. The van der Waals surface area contributed by atoms with Crippen molar-refractivity contribution < 1.29 is 28.5 Å². The molecular formula is C40H46Cl2N2O6. The van der Waals surface area contributed by atoms with Crippen LogP contribution in [0, 0.1) is 5.92 Å². The first-order valence-corrected chi connectivity index (χ1v) is 17.9. The van der Waals surface area contributed by atoms with Crippen molar-refractivity contribution in [2.45, 2.75) is 57.3 Å². The minimum atomic E-state index is -0.731. The van der Waals surface area contributed by atoms with E-state index in [0.717, 1.165) is 50.0 Å². The minimum Gasteiger partial charge on any atom is -0.493 e. The van der Waals surface area contributed by atoms with Gasteiger partial charge in [-0.25, -0.2) is 9.59 Å². The summed E-state index contributed by atoms with van der Waals surface area (Å²) >= 11 is 12.6. The number of benzene rings is 3. The van der Waals surface area contributed by atoms with E-state index in [1.807, 2.05) is 54.6 Å². The second-order valence-corrected chi connectivity index (χ2v) is 13.9. The molecule has 0 saturated carbocycles. The van der Waals surface area contributed by atoms with Gasteiger partial charge in [-0.3, -0.25) is 4.90 Å². The number of allylic oxidation sites excluding steroid dienone is 2. The lowest BCUT2D eigenvalue weighted by molar-refractivity contribution is -0.161. The SMILES string of the molecule is C=C(Cl)/C(CC(OC(=O)c1cccc(CCCNC(C(=O)O[C@H]2CN3CCC2CC3)c2ccccc2)c1)c1ccc(OC)c(OC)c1)=C(\C)Cl. The van der Waals surface area contributed by atoms with Gasteiger partial charge < -0.3 is 24.3 Å². The molecule has 0 aromatic heterocycles. The summed E-state index contributed by atoms with van der Waals surface area (Å²) in [6.07, 6.45) is 3.03. The molecule has 3 atom stereocenters. The van der Waals surface area contributed by atoms with Gasteiger partial charge in [0.05, 0.1) is 19.8 Å². The molecule has 3 aromatic carbocycles. The van der Waals surface area contributed by atoms with Gasteiger partial charge in [-0.1, -0.05) is 78.3 Å². The average Bonchev–Trinajstić information content (AvgIpc) is 3.13. The number of hydrogen-bond donors (Lipinski definition) is 1. The van der Waals surface area contributed by atoms with E-state index in [-0.39, 0.29) is 23.5 Å². The second-order valence-electron chi connectivity index (χ2n) is 12.8. The van der Waals surface area contributed by atoms with E-state index < -0.39 is 18.1 Å². The van der Waals surface area contributed by atoms with E-state index in [1.165, 1.54) is 0 Å². The predicted octanol–water partition coefficient (Wildman–Crippen LogP) is 8.16. The van der Waals surface area contributed by atoms with Gasteiger partial charge in [0.1, 0.15) is 18.2 Å². The summed E-state index contributed by atoms with van der Waals surface area (Å²) in [6, 6.07) is 21.9. The molecule has 0 amide bonds. The highest BCUT2D eigenvalue weighted by molar-refractivity contribution is 6.35. The number of fused-ring (bicyclic) bond motifs is 3. The lowest BCUT2D eigenvalue weighted by Gasteiger charge is -2.44. The van der Waals surface area contributed by atoms with Crippen molar-refractivity contribution in [3.63, 3.8) is 0 Å². The Hall–Kier alpha value is -3.82. The maximum atomic E-state index is 13.6. The molecule has 0 aliphatic carbocycles. The first-order chi connectivity index (χ1) is 24.2. The zero-order valence-electron chi connectivity index (χ0n) is 29.0. The Bertz CT molecular complexity index is 1670. The van der Waals surface area contributed by atoms with E-state index >= 15 is 0 Å². The highest BCUT2D eigenvalue weighted by atomic mass is 35.5. The van der Waals surface area contributed by atoms with Crippen molar-refractivity contribution in [2.24, 2.45) is 5.92 Å². The van der Waals surface area contributed by atoms with Crippen molar-refractivity contribution in [3.05, 3.63) is 117 Å². The minimum absolute atomic E-state index is 0.0535. The average molecular weight is 722 g/mol. The fraction of sp³-hybridized carbons (Fsp3) is 0.400. The van der Waals surface area contributed by atoms with Crippen molar-refractivity contribution in [2.75, 3.05) is 40.4 Å². The van der Waals surface area contributed by atoms with Crippen LogP contribution in [0.4, 0.5) is 0 Å². The second kappa shape index (κ2) is 17.9. The summed E-state index contributed by atoms with van der Waals surface area (Å²) in [5.41, 5.74) is 3.55. The largest absolute Gasteiger partial charge is 0.493 e. The van der Waals surface area contributed by atoms with Crippen molar-refractivity contribution in [3.8, 4) is 11.5 Å². The molecule has 266 valence electrons. The lowest BCUT2D eigenvalue weighted by Crippen LogP contribution is -2.52. The smallest absolute Gasteiger partial charge is 0.338 e. The van der Waals surface area contributed by atoms with Gasteiger partial charge in [0.15, 0.2) is 11.5 Å². The summed E-state index contributed by atoms with van der Waals surface area (Å²) in [5.74, 6) is 0.772. The number of carbonyl (C=O) groups is 2. The van der Waals surface area contributed by atoms with Crippen molar-refractivity contribution in [1.29, 1.82) is 0 Å². The van der Waals surface area contributed by atoms with Crippen LogP contribution in [-0.4, -0.2) is 63.3 Å². The number of ether oxygens (including phenoxy) is 4. The molecule has 0 radical (unpaired) electrons. The van der Waals surface area contributed by atoms with Crippen molar-refractivity contribution in [1.82, 2.24) is 10.2 Å². The van der Waals surface area contributed by atoms with Crippen LogP contribution in [0.25, 0.3) is 0 Å². The van der Waals surface area contributed by atoms with Gasteiger partial charge >= 0.3 is 11.9 Å². The molecule has 6 rings (SSSR count). The summed E-state index contributed by atoms with van der Waals surface area (Å²) in [4.78, 5) is 29.5. The number of carbonyl (C=O) groups excluding carboxylic acids is 2. The first kappa shape index (κ1) is 37.4. The van der Waals surface area contributed by atoms with Gasteiger partial charge in [-0.15, -0.1) is 0 Å². The number of esters is 2. The van der Waals surface area contributed by atoms with Crippen LogP contribution >= 0.6 is 23.2 Å². The third kappa shape index (κ3) is 9.69. The van der Waals surface area contributed by atoms with Crippen molar-refractivity contribution >= 4 is 35.1 Å². The number of piperidine rings is 3. The molecule has 8 nitrogen and oxygen atoms in total. The Morgan fingerprint density at radius 1 is 0.940 bits per heavy atom. The summed E-state index contributed by atoms with van der Waals surface area (Å²) in [6.45, 7) is 9.15. The summed E-state index contributed by atoms with van der Waals surface area (Å²) < 4.78 is 23.1. The van der Waals surface area contributed by atoms with Gasteiger partial charge in [-0.2, -0.15) is 0 Å². The Balaban J connectivity index is 1.23. The molecule has 3 saturated heterocycles. The molecule has 50 heavy (non-hydrogen) atoms. The first-order valence-electron chi connectivity index (χ1n) is 17.1. The molecule has 0 spiro atoms. The number of nitrogens with one attached hydrogen (secondary N) is 1. The van der Waals surface area contributed by atoms with Gasteiger partial charge in [0.25, 0.3) is 0 Å². The Morgan fingerprint density at radius 2 is 1.68 bits per heavy atom. The number of nitrogens with zero attached hydrogens (tertiary/aromatic N) is 1. The Kier molecular flexibility index (Phi) is 13.4. The predicted molar refractivity (Wildman–Crippen MR) is 197 cm³/mol. The van der Waals surface area contributed by atoms with Crippen LogP contribution in [-0.2, 0) is 20.7 Å². The van der Waals surface area contributed by atoms with E-state index in [4.69, 9.17) is 42.1 Å². The molecule has 1 N–H and O–H groups in total. The maximum Gasteiger partial charge on any atom is 0.338 e. The quantitative estimate of drug-likeness (QED) is 0.0902. The molecule has 2 unspecified atom stereocenters. The zero-order chi connectivity index (χ0) is 35.6. The standard InChI is InChI=1S/C40H46Cl2N2O6/c1-26(41)33(27(2)42)24-35(31-15-16-34(47-3)36(23-31)48-4)49-39(45)32-14-8-10-28(22-32)11-9-19-43-38(30-12-6-5-7-13-30)40(46)50-37-25-44-20-17-29(37)18-21-44/h5-8,10,12-16,22-23,29,35,37-38,43H,1,9,11,17-21,24-25H2,2-4H3/b33-27+/t35?,37-,38?/m0/s1. The third-order valence-corrected chi connectivity index (χ3v) is 10.0. The van der Waals surface area contributed by atoms with Gasteiger partial charge in [-0.05, 0) is 105 Å². The Labute approximate surface area is 305 Å². The molecule has 3 aliphatic heterocycles. The van der Waals surface area contributed by atoms with Crippen LogP contribution < -0.4 is 14.8 Å². The van der Waals surface area contributed by atoms with E-state index in [9.17, 15) is 9.59 Å². The number of methoxy groups -OCH3 is 2. The van der Waals surface area contributed by atoms with E-state index in [2.05, 4.69) is 16.8 Å². The zero-order valence-corrected chi connectivity index (χ0v) is 30.5. The number of halogens is 2. The number of hydrogen-bond acceptors (Lipinski definition) is 8. The summed E-state index contributed by atoms with van der Waals surface area (Å²) in [5, 5.41) is 4.18. The van der Waals surface area contributed by atoms with Gasteiger partial charge in [0.2, 0.25) is 0 Å². The molecule has 10 heteroatoms. The molecule has 2 bridgehead atoms.